The maximum absolute atomic E-state index is 10.6. The summed E-state index contributed by atoms with van der Waals surface area (Å²) in [6, 6.07) is 0. The van der Waals surface area contributed by atoms with E-state index in [4.69, 9.17) is 25.5 Å². The molecule has 0 aromatic rings. The molecule has 0 amide bonds. The first kappa shape index (κ1) is 16.8. The molecule has 0 aliphatic heterocycles. The van der Waals surface area contributed by atoms with Gasteiger partial charge in [0.2, 0.25) is 6.10 Å². The fourth-order valence-corrected chi connectivity index (χ4v) is 0.944. The molecule has 0 aliphatic carbocycles. The lowest BCUT2D eigenvalue weighted by Gasteiger charge is -2.24. The minimum Gasteiger partial charge on any atom is -0.479 e. The number of esters is 1. The second-order valence-corrected chi connectivity index (χ2v) is 3.23. The van der Waals surface area contributed by atoms with E-state index in [-0.39, 0.29) is 0 Å². The van der Waals surface area contributed by atoms with Crippen molar-refractivity contribution in [3.8, 4) is 0 Å². The summed E-state index contributed by atoms with van der Waals surface area (Å²) in [5.41, 5.74) is 0. The Balaban J connectivity index is 4.99. The molecule has 0 fully saturated rings. The number of carbonyl (C=O) groups excluding carboxylic acids is 1. The molecule has 0 aromatic heterocycles. The Morgan fingerprint density at radius 1 is 0.789 bits per heavy atom. The zero-order valence-electron chi connectivity index (χ0n) is 9.03. The van der Waals surface area contributed by atoms with Gasteiger partial charge in [0, 0.05) is 0 Å². The molecule has 0 saturated heterocycles. The van der Waals surface area contributed by atoms with Crippen molar-refractivity contribution in [3.63, 3.8) is 0 Å². The number of rotatable bonds is 6. The summed E-state index contributed by atoms with van der Waals surface area (Å²) in [5, 5.41) is 52.4. The summed E-state index contributed by atoms with van der Waals surface area (Å²) < 4.78 is 3.83. The molecule has 0 aromatic carbocycles. The molecule has 4 atom stereocenters. The summed E-state index contributed by atoms with van der Waals surface area (Å²) in [6.45, 7) is 0. The highest BCUT2D eigenvalue weighted by Gasteiger charge is 2.41. The number of carboxylic acid groups (broad SMARTS) is 3. The molecule has 108 valence electrons. The topological polar surface area (TPSA) is 199 Å². The molecule has 11 heteroatoms. The summed E-state index contributed by atoms with van der Waals surface area (Å²) in [4.78, 5) is 41.7. The Bertz CT molecular complexity index is 388. The normalized spacial score (nSPS) is 16.8. The molecule has 0 bridgehead atoms. The molecule has 0 unspecified atom stereocenters. The number of aliphatic hydroxyl groups excluding tert-OH is 3. The van der Waals surface area contributed by atoms with E-state index in [1.54, 1.807) is 0 Å². The Hall–Kier alpha value is -2.24. The fraction of sp³-hybridized carbons (Fsp3) is 0.500. The second kappa shape index (κ2) is 6.63. The van der Waals surface area contributed by atoms with E-state index in [1.807, 2.05) is 0 Å². The summed E-state index contributed by atoms with van der Waals surface area (Å²) in [5.74, 6) is -8.21. The van der Waals surface area contributed by atoms with Crippen LogP contribution in [-0.2, 0) is 23.9 Å². The van der Waals surface area contributed by atoms with Crippen molar-refractivity contribution in [2.75, 3.05) is 0 Å². The Morgan fingerprint density at radius 3 is 1.58 bits per heavy atom. The Morgan fingerprint density at radius 2 is 1.26 bits per heavy atom. The molecule has 11 nitrogen and oxygen atoms in total. The molecule has 0 heterocycles. The van der Waals surface area contributed by atoms with Crippen molar-refractivity contribution < 1.29 is 54.6 Å². The fourth-order valence-electron chi connectivity index (χ4n) is 0.944. The van der Waals surface area contributed by atoms with Gasteiger partial charge in [-0.05, 0) is 0 Å². The van der Waals surface area contributed by atoms with Crippen LogP contribution in [-0.4, -0.2) is 78.9 Å². The minimum atomic E-state index is -2.56. The van der Waals surface area contributed by atoms with Crippen molar-refractivity contribution in [2.45, 2.75) is 24.4 Å². The first-order valence-electron chi connectivity index (χ1n) is 4.53. The third kappa shape index (κ3) is 4.50. The van der Waals surface area contributed by atoms with Gasteiger partial charge in [0.25, 0.3) is 0 Å². The third-order valence-corrected chi connectivity index (χ3v) is 1.89. The molecule has 0 radical (unpaired) electrons. The number of aliphatic carboxylic acids is 3. The zero-order chi connectivity index (χ0) is 15.3. The smallest absolute Gasteiger partial charge is 0.418 e. The number of carbonyl (C=O) groups is 4. The van der Waals surface area contributed by atoms with Crippen LogP contribution in [0.25, 0.3) is 0 Å². The maximum atomic E-state index is 10.6. The molecule has 0 aliphatic rings. The average Bonchev–Trinajstić information content (AvgIpc) is 2.31. The van der Waals surface area contributed by atoms with Crippen LogP contribution in [0.1, 0.15) is 0 Å². The quantitative estimate of drug-likeness (QED) is 0.206. The van der Waals surface area contributed by atoms with Crippen LogP contribution in [0.15, 0.2) is 0 Å². The number of carboxylic acids is 3. The van der Waals surface area contributed by atoms with Crippen LogP contribution in [0.2, 0.25) is 0 Å². The summed E-state index contributed by atoms with van der Waals surface area (Å²) >= 11 is 0. The third-order valence-electron chi connectivity index (χ3n) is 1.89. The predicted octanol–water partition coefficient (Wildman–Crippen LogP) is -3.77. The molecule has 0 spiro atoms. The van der Waals surface area contributed by atoms with E-state index < -0.39 is 48.3 Å². The van der Waals surface area contributed by atoms with Crippen LogP contribution in [0.4, 0.5) is 0 Å². The van der Waals surface area contributed by atoms with Crippen LogP contribution < -0.4 is 0 Å². The van der Waals surface area contributed by atoms with Crippen molar-refractivity contribution in [1.82, 2.24) is 0 Å². The van der Waals surface area contributed by atoms with Crippen LogP contribution in [0, 0.1) is 0 Å². The lowest BCUT2D eigenvalue weighted by Crippen LogP contribution is -2.52. The molecule has 6 N–H and O–H groups in total. The number of aliphatic hydroxyl groups is 3. The molecular formula is C8H10O11. The van der Waals surface area contributed by atoms with Crippen LogP contribution in [0.3, 0.4) is 0 Å². The number of ether oxygens (including phenoxy) is 1. The van der Waals surface area contributed by atoms with Crippen LogP contribution >= 0.6 is 0 Å². The van der Waals surface area contributed by atoms with E-state index >= 15 is 0 Å². The molecule has 0 saturated carbocycles. The van der Waals surface area contributed by atoms with E-state index in [0.29, 0.717) is 0 Å². The van der Waals surface area contributed by atoms with Gasteiger partial charge in [0.05, 0.1) is 0 Å². The molecule has 0 rings (SSSR count). The average molecular weight is 282 g/mol. The summed E-state index contributed by atoms with van der Waals surface area (Å²) in [6.07, 6.45) is -10.2. The Labute approximate surface area is 104 Å². The van der Waals surface area contributed by atoms with Gasteiger partial charge in [-0.1, -0.05) is 0 Å². The van der Waals surface area contributed by atoms with Crippen molar-refractivity contribution >= 4 is 23.9 Å². The molecule has 19 heavy (non-hydrogen) atoms. The molecular weight excluding hydrogens is 272 g/mol. The predicted molar refractivity (Wildman–Crippen MR) is 50.8 cm³/mol. The largest absolute Gasteiger partial charge is 0.479 e. The first-order valence-corrected chi connectivity index (χ1v) is 4.53. The van der Waals surface area contributed by atoms with E-state index in [0.717, 1.165) is 0 Å². The van der Waals surface area contributed by atoms with Crippen molar-refractivity contribution in [1.29, 1.82) is 0 Å². The minimum absolute atomic E-state index is 1.97. The summed E-state index contributed by atoms with van der Waals surface area (Å²) in [7, 11) is 0. The highest BCUT2D eigenvalue weighted by atomic mass is 16.6. The van der Waals surface area contributed by atoms with Gasteiger partial charge in [0.15, 0.2) is 6.10 Å². The lowest BCUT2D eigenvalue weighted by molar-refractivity contribution is -0.189. The van der Waals surface area contributed by atoms with Gasteiger partial charge >= 0.3 is 23.9 Å². The monoisotopic (exact) mass is 282 g/mol. The Kier molecular flexibility index (Phi) is 5.85. The standard InChI is InChI=1S/C8H10O11/c9-1(3(11)5(12)13)2(10)4(6(14)15)19-8(18)7(16)17/h1-4,9-11H,(H,12,13)(H,14,15)(H,16,17)/t1-,2+,3+,4-/m1/s1. The van der Waals surface area contributed by atoms with Gasteiger partial charge in [0.1, 0.15) is 12.2 Å². The first-order chi connectivity index (χ1) is 8.59. The van der Waals surface area contributed by atoms with Crippen molar-refractivity contribution in [2.24, 2.45) is 0 Å². The van der Waals surface area contributed by atoms with E-state index in [2.05, 4.69) is 4.74 Å². The van der Waals surface area contributed by atoms with Gasteiger partial charge < -0.3 is 35.4 Å². The van der Waals surface area contributed by atoms with E-state index in [1.165, 1.54) is 0 Å². The maximum Gasteiger partial charge on any atom is 0.418 e. The van der Waals surface area contributed by atoms with Gasteiger partial charge in [-0.2, -0.15) is 0 Å². The lowest BCUT2D eigenvalue weighted by atomic mass is 10.0. The zero-order valence-corrected chi connectivity index (χ0v) is 9.03. The highest BCUT2D eigenvalue weighted by molar-refractivity contribution is 6.28. The van der Waals surface area contributed by atoms with Gasteiger partial charge in [-0.15, -0.1) is 0 Å². The van der Waals surface area contributed by atoms with Gasteiger partial charge in [-0.3, -0.25) is 0 Å². The number of hydrogen-bond acceptors (Lipinski definition) is 8. The highest BCUT2D eigenvalue weighted by Crippen LogP contribution is 2.09. The number of hydrogen-bond donors (Lipinski definition) is 6. The van der Waals surface area contributed by atoms with E-state index in [9.17, 15) is 24.3 Å². The SMILES string of the molecule is O=C(O)C(=O)O[C@@H](C(=O)O)[C@@H](O)[C@@H](O)[C@H](O)C(=O)O. The second-order valence-electron chi connectivity index (χ2n) is 3.23. The van der Waals surface area contributed by atoms with Crippen molar-refractivity contribution in [3.05, 3.63) is 0 Å². The van der Waals surface area contributed by atoms with Crippen LogP contribution in [0.5, 0.6) is 0 Å². The van der Waals surface area contributed by atoms with Gasteiger partial charge in [-0.25, -0.2) is 19.2 Å².